The van der Waals surface area contributed by atoms with Gasteiger partial charge in [-0.05, 0) is 61.4 Å². The second kappa shape index (κ2) is 19.9. The molecular weight excluding hydrogens is 857 g/mol. The molecule has 3 aromatic heterocycles. The van der Waals surface area contributed by atoms with Gasteiger partial charge in [0.15, 0.2) is 17.0 Å². The highest BCUT2D eigenvalue weighted by atomic mass is 16.4. The zero-order chi connectivity index (χ0) is 46.9. The highest BCUT2D eigenvalue weighted by Gasteiger charge is 2.37. The molecule has 2 aliphatic heterocycles. The standard InChI is InChI=1S/C20H23N7O6.C19H19N7O6/c21-20-24-16-15(18(31)25-20)27-9-26(8-12(27)7-22-16)11-3-1-10(2-4-11)17(30)23-13(19(32)33)5-6-14(28)29;20-19-25-15-14(17(30)26-19)23-11(8-22-15)7-21-10-3-1-9(2-4-10)16(29)24-12(18(31)32)5-6-13(27)28/h1-4,12-13H,5-9H2,(H,23,30)(H,28,29)(H,32,33)(H4,21,22,24,25,31);1-4,8,12,21H,5-7H2,(H,24,29)(H,27,28)(H,31,32)(H3,20,22,25,26,30). The molecule has 0 spiro atoms. The van der Waals surface area contributed by atoms with Crippen LogP contribution >= 0.6 is 0 Å². The lowest BCUT2D eigenvalue weighted by atomic mass is 10.1. The lowest BCUT2D eigenvalue weighted by Gasteiger charge is -2.31. The van der Waals surface area contributed by atoms with E-state index in [0.717, 1.165) is 5.69 Å². The number of aromatic amines is 2. The molecule has 1 fully saturated rings. The Morgan fingerprint density at radius 1 is 0.754 bits per heavy atom. The quantitative estimate of drug-likeness (QED) is 0.0590. The normalized spacial score (nSPS) is 14.6. The van der Waals surface area contributed by atoms with E-state index in [-0.39, 0.29) is 78.0 Å². The maximum absolute atomic E-state index is 12.4. The summed E-state index contributed by atoms with van der Waals surface area (Å²) in [5, 5.41) is 46.6. The summed E-state index contributed by atoms with van der Waals surface area (Å²) in [6.07, 6.45) is 0.257. The van der Waals surface area contributed by atoms with Crippen LogP contribution in [-0.4, -0.2) is 124 Å². The number of nitrogen functional groups attached to an aromatic ring is 2. The van der Waals surface area contributed by atoms with Crippen LogP contribution in [0.4, 0.5) is 34.8 Å². The number of amides is 2. The molecule has 2 aromatic carbocycles. The van der Waals surface area contributed by atoms with Crippen molar-refractivity contribution in [3.8, 4) is 0 Å². The number of nitrogens with two attached hydrogens (primary N) is 2. The van der Waals surface area contributed by atoms with Crippen LogP contribution in [0.25, 0.3) is 11.2 Å². The predicted molar refractivity (Wildman–Crippen MR) is 230 cm³/mol. The number of fused-ring (bicyclic) bond motifs is 4. The molecular formula is C39H42N14O12. The van der Waals surface area contributed by atoms with Crippen molar-refractivity contribution in [2.75, 3.05) is 51.7 Å². The third-order valence-electron chi connectivity index (χ3n) is 10.0. The van der Waals surface area contributed by atoms with Gasteiger partial charge in [0.05, 0.1) is 31.1 Å². The van der Waals surface area contributed by atoms with Crippen LogP contribution in [0.3, 0.4) is 0 Å². The molecule has 0 bridgehead atoms. The van der Waals surface area contributed by atoms with Gasteiger partial charge in [-0.2, -0.15) is 9.97 Å². The fourth-order valence-corrected chi connectivity index (χ4v) is 6.76. The van der Waals surface area contributed by atoms with Gasteiger partial charge in [-0.3, -0.25) is 38.7 Å². The Bertz CT molecular complexity index is 2750. The largest absolute Gasteiger partial charge is 0.481 e. The second-order valence-electron chi connectivity index (χ2n) is 14.6. The first-order chi connectivity index (χ1) is 30.9. The topological polar surface area (TPSA) is 407 Å². The molecule has 0 aliphatic carbocycles. The van der Waals surface area contributed by atoms with Gasteiger partial charge < -0.3 is 63.0 Å². The van der Waals surface area contributed by atoms with E-state index in [1.165, 1.54) is 18.3 Å². The minimum absolute atomic E-state index is 0.0394. The van der Waals surface area contributed by atoms with Crippen LogP contribution in [-0.2, 0) is 25.7 Å². The smallest absolute Gasteiger partial charge is 0.326 e. The summed E-state index contributed by atoms with van der Waals surface area (Å²) in [5.74, 6) is -5.71. The molecule has 26 nitrogen and oxygen atoms in total. The zero-order valence-corrected chi connectivity index (χ0v) is 34.0. The van der Waals surface area contributed by atoms with Gasteiger partial charge in [-0.15, -0.1) is 0 Å². The maximum atomic E-state index is 12.4. The number of carbonyl (C=O) groups excluding carboxylic acids is 2. The molecule has 1 saturated heterocycles. The molecule has 0 saturated carbocycles. The van der Waals surface area contributed by atoms with Crippen molar-refractivity contribution in [2.45, 2.75) is 50.4 Å². The number of anilines is 6. The van der Waals surface area contributed by atoms with Crippen LogP contribution < -0.4 is 53.7 Å². The van der Waals surface area contributed by atoms with Crippen LogP contribution in [0.1, 0.15) is 52.1 Å². The van der Waals surface area contributed by atoms with Gasteiger partial charge >= 0.3 is 23.9 Å². The molecule has 65 heavy (non-hydrogen) atoms. The summed E-state index contributed by atoms with van der Waals surface area (Å²) in [6.45, 7) is 1.90. The molecule has 0 radical (unpaired) electrons. The Hall–Kier alpha value is -8.84. The average Bonchev–Trinajstić information content (AvgIpc) is 3.70. The number of carbonyl (C=O) groups is 6. The Labute approximate surface area is 365 Å². The lowest BCUT2D eigenvalue weighted by Crippen LogP contribution is -2.44. The Morgan fingerprint density at radius 3 is 1.88 bits per heavy atom. The number of hydrogen-bond donors (Lipinski definition) is 12. The van der Waals surface area contributed by atoms with Gasteiger partial charge in [0.2, 0.25) is 11.9 Å². The van der Waals surface area contributed by atoms with E-state index >= 15 is 0 Å². The lowest BCUT2D eigenvalue weighted by molar-refractivity contribution is -0.142. The second-order valence-corrected chi connectivity index (χ2v) is 14.6. The van der Waals surface area contributed by atoms with E-state index in [4.69, 9.17) is 26.8 Å². The van der Waals surface area contributed by atoms with Crippen LogP contribution in [0.2, 0.25) is 0 Å². The van der Waals surface area contributed by atoms with Gasteiger partial charge in [0, 0.05) is 48.4 Å². The number of carboxylic acids is 4. The van der Waals surface area contributed by atoms with E-state index in [0.29, 0.717) is 42.6 Å². The first kappa shape index (κ1) is 45.7. The van der Waals surface area contributed by atoms with Crippen molar-refractivity contribution in [2.24, 2.45) is 0 Å². The van der Waals surface area contributed by atoms with Crippen molar-refractivity contribution in [3.63, 3.8) is 0 Å². The third kappa shape index (κ3) is 11.6. The summed E-state index contributed by atoms with van der Waals surface area (Å²) in [6, 6.07) is 10.2. The van der Waals surface area contributed by atoms with Gasteiger partial charge in [-0.25, -0.2) is 19.6 Å². The van der Waals surface area contributed by atoms with Crippen molar-refractivity contribution in [1.29, 1.82) is 0 Å². The molecule has 14 N–H and O–H groups in total. The zero-order valence-electron chi connectivity index (χ0n) is 34.0. The number of aliphatic carboxylic acids is 4. The highest BCUT2D eigenvalue weighted by molar-refractivity contribution is 5.97. The fraction of sp³-hybridized carbons (Fsp3) is 0.282. The minimum atomic E-state index is -1.31. The van der Waals surface area contributed by atoms with Gasteiger partial charge in [0.1, 0.15) is 17.8 Å². The first-order valence-electron chi connectivity index (χ1n) is 19.6. The fourth-order valence-electron chi connectivity index (χ4n) is 6.76. The van der Waals surface area contributed by atoms with Gasteiger partial charge in [0.25, 0.3) is 22.9 Å². The number of nitrogens with one attached hydrogen (secondary N) is 6. The van der Waals surface area contributed by atoms with E-state index in [1.807, 2.05) is 9.80 Å². The van der Waals surface area contributed by atoms with Crippen molar-refractivity contribution in [3.05, 3.63) is 92.3 Å². The highest BCUT2D eigenvalue weighted by Crippen LogP contribution is 2.32. The molecule has 2 amide bonds. The van der Waals surface area contributed by atoms with E-state index in [2.05, 4.69) is 51.2 Å². The van der Waals surface area contributed by atoms with E-state index in [1.54, 1.807) is 36.4 Å². The molecule has 340 valence electrons. The molecule has 26 heteroatoms. The number of rotatable bonds is 16. The minimum Gasteiger partial charge on any atom is -0.481 e. The summed E-state index contributed by atoms with van der Waals surface area (Å²) in [7, 11) is 0. The van der Waals surface area contributed by atoms with Crippen molar-refractivity contribution < 1.29 is 49.2 Å². The van der Waals surface area contributed by atoms with Crippen molar-refractivity contribution in [1.82, 2.24) is 40.5 Å². The summed E-state index contributed by atoms with van der Waals surface area (Å²) in [4.78, 5) is 118. The predicted octanol–water partition coefficient (Wildman–Crippen LogP) is -0.567. The van der Waals surface area contributed by atoms with Crippen LogP contribution in [0.5, 0.6) is 0 Å². The Morgan fingerprint density at radius 2 is 1.31 bits per heavy atom. The SMILES string of the molecule is Nc1nc2c(c(=O)[nH]1)N1CN(c3ccc(C(=O)NC(CCC(=O)O)C(=O)O)cc3)CC1CN2.Nc1nc2ncc(CNc3ccc(C(=O)NC(CCC(=O)O)C(=O)O)cc3)nc2c(=O)[nH]1. The number of H-pyrrole nitrogens is 2. The third-order valence-corrected chi connectivity index (χ3v) is 10.0. The molecule has 2 aliphatic rings. The van der Waals surface area contributed by atoms with Gasteiger partial charge in [-0.1, -0.05) is 0 Å². The summed E-state index contributed by atoms with van der Waals surface area (Å²) < 4.78 is 0. The van der Waals surface area contributed by atoms with Crippen LogP contribution in [0.15, 0.2) is 64.3 Å². The first-order valence-corrected chi connectivity index (χ1v) is 19.6. The van der Waals surface area contributed by atoms with E-state index in [9.17, 15) is 43.5 Å². The van der Waals surface area contributed by atoms with Crippen LogP contribution in [0, 0.1) is 0 Å². The molecule has 5 heterocycles. The number of carboxylic acid groups (broad SMARTS) is 4. The van der Waals surface area contributed by atoms with E-state index < -0.39 is 53.3 Å². The Balaban J connectivity index is 0.000000216. The maximum Gasteiger partial charge on any atom is 0.326 e. The number of nitrogens with zero attached hydrogens (tertiary/aromatic N) is 6. The number of aromatic nitrogens is 6. The van der Waals surface area contributed by atoms with Crippen molar-refractivity contribution >= 4 is 81.6 Å². The average molecular weight is 899 g/mol. The summed E-state index contributed by atoms with van der Waals surface area (Å²) in [5.41, 5.74) is 13.3. The monoisotopic (exact) mass is 898 g/mol. The number of benzene rings is 2. The molecule has 7 rings (SSSR count). The molecule has 3 unspecified atom stereocenters. The number of hydrogen-bond acceptors (Lipinski definition) is 18. The Kier molecular flexibility index (Phi) is 14.0. The molecule has 5 aromatic rings. The molecule has 3 atom stereocenters. The summed E-state index contributed by atoms with van der Waals surface area (Å²) >= 11 is 0.